The summed E-state index contributed by atoms with van der Waals surface area (Å²) in [6.07, 6.45) is 4.94. The minimum absolute atomic E-state index is 0.0798. The molecule has 1 aliphatic carbocycles. The minimum Gasteiger partial charge on any atom is -0.346 e. The van der Waals surface area contributed by atoms with E-state index in [-0.39, 0.29) is 24.9 Å². The third kappa shape index (κ3) is 3.83. The van der Waals surface area contributed by atoms with Crippen LogP contribution in [-0.4, -0.2) is 46.8 Å². The maximum Gasteiger partial charge on any atom is 0.227 e. The number of nitrogens with zero attached hydrogens (tertiary/aromatic N) is 4. The first-order valence-electron chi connectivity index (χ1n) is 9.52. The Balaban J connectivity index is 1.64. The van der Waals surface area contributed by atoms with E-state index >= 15 is 0 Å². The van der Waals surface area contributed by atoms with Gasteiger partial charge in [0.15, 0.2) is 0 Å². The number of hydrogen-bond acceptors (Lipinski definition) is 4. The lowest BCUT2D eigenvalue weighted by molar-refractivity contribution is -0.128. The fraction of sp³-hybridized carbons (Fsp3) is 0.273. The molecule has 1 aromatic carbocycles. The topological polar surface area (TPSA) is 93.1 Å². The number of aromatic amines is 1. The Bertz CT molecular complexity index is 1090. The Kier molecular flexibility index (Phi) is 5.00. The van der Waals surface area contributed by atoms with E-state index in [1.54, 1.807) is 11.9 Å². The molecule has 0 spiro atoms. The van der Waals surface area contributed by atoms with Crippen LogP contribution in [0.5, 0.6) is 0 Å². The summed E-state index contributed by atoms with van der Waals surface area (Å²) in [7, 11) is 1.62. The predicted molar refractivity (Wildman–Crippen MR) is 110 cm³/mol. The number of aromatic nitrogens is 2. The molecule has 1 fully saturated rings. The van der Waals surface area contributed by atoms with Crippen LogP contribution in [0.3, 0.4) is 0 Å². The van der Waals surface area contributed by atoms with Crippen molar-refractivity contribution in [1.82, 2.24) is 14.9 Å². The Hall–Kier alpha value is -3.66. The van der Waals surface area contributed by atoms with Crippen molar-refractivity contribution in [2.45, 2.75) is 25.3 Å². The van der Waals surface area contributed by atoms with E-state index in [0.717, 1.165) is 47.0 Å². The first-order valence-corrected chi connectivity index (χ1v) is 9.52. The second-order valence-corrected chi connectivity index (χ2v) is 7.29. The second-order valence-electron chi connectivity index (χ2n) is 7.29. The number of carbonyl (C=O) groups excluding carboxylic acids is 2. The van der Waals surface area contributed by atoms with Crippen molar-refractivity contribution in [3.8, 4) is 17.2 Å². The van der Waals surface area contributed by atoms with E-state index in [9.17, 15) is 9.59 Å². The molecule has 29 heavy (non-hydrogen) atoms. The minimum atomic E-state index is -0.0930. The molecular weight excluding hydrogens is 366 g/mol. The number of likely N-dealkylation sites (N-methyl/N-ethyl adjacent to an activating group) is 1. The summed E-state index contributed by atoms with van der Waals surface area (Å²) < 4.78 is 0. The number of anilines is 1. The van der Waals surface area contributed by atoms with Crippen molar-refractivity contribution in [3.05, 3.63) is 48.2 Å². The SMILES string of the molecule is CN(CC#N)C(=O)Cc1ccc(-c2cc(N(C=O)C3CC3)nc3[nH]ccc23)cc1. The highest BCUT2D eigenvalue weighted by molar-refractivity contribution is 5.96. The lowest BCUT2D eigenvalue weighted by Gasteiger charge is -2.17. The van der Waals surface area contributed by atoms with Gasteiger partial charge in [-0.05, 0) is 41.7 Å². The predicted octanol–water partition coefficient (Wildman–Crippen LogP) is 2.88. The molecule has 0 unspecified atom stereocenters. The summed E-state index contributed by atoms with van der Waals surface area (Å²) in [6, 6.07) is 13.9. The zero-order chi connectivity index (χ0) is 20.4. The van der Waals surface area contributed by atoms with Gasteiger partial charge >= 0.3 is 0 Å². The molecule has 4 rings (SSSR count). The molecule has 0 atom stereocenters. The van der Waals surface area contributed by atoms with Crippen molar-refractivity contribution in [1.29, 1.82) is 5.26 Å². The summed E-state index contributed by atoms with van der Waals surface area (Å²) in [5.41, 5.74) is 3.60. The average molecular weight is 387 g/mol. The quantitative estimate of drug-likeness (QED) is 0.498. The number of pyridine rings is 1. The molecule has 1 saturated carbocycles. The smallest absolute Gasteiger partial charge is 0.227 e. The van der Waals surface area contributed by atoms with Gasteiger partial charge in [-0.2, -0.15) is 5.26 Å². The van der Waals surface area contributed by atoms with Gasteiger partial charge in [-0.1, -0.05) is 24.3 Å². The number of carbonyl (C=O) groups is 2. The van der Waals surface area contributed by atoms with Crippen LogP contribution in [0.15, 0.2) is 42.6 Å². The fourth-order valence-electron chi connectivity index (χ4n) is 3.38. The van der Waals surface area contributed by atoms with Crippen LogP contribution in [0.1, 0.15) is 18.4 Å². The van der Waals surface area contributed by atoms with Crippen LogP contribution < -0.4 is 4.90 Å². The maximum absolute atomic E-state index is 12.1. The Morgan fingerprint density at radius 3 is 2.72 bits per heavy atom. The van der Waals surface area contributed by atoms with Crippen LogP contribution in [0.2, 0.25) is 0 Å². The molecule has 2 amide bonds. The van der Waals surface area contributed by atoms with E-state index in [4.69, 9.17) is 5.26 Å². The summed E-state index contributed by atoms with van der Waals surface area (Å²) in [6.45, 7) is 0.0798. The third-order valence-corrected chi connectivity index (χ3v) is 5.19. The van der Waals surface area contributed by atoms with Gasteiger partial charge < -0.3 is 9.88 Å². The molecule has 3 aromatic rings. The largest absolute Gasteiger partial charge is 0.346 e. The number of amides is 2. The van der Waals surface area contributed by atoms with Gasteiger partial charge in [0, 0.05) is 24.7 Å². The molecule has 2 aromatic heterocycles. The van der Waals surface area contributed by atoms with Gasteiger partial charge in [0.25, 0.3) is 0 Å². The van der Waals surface area contributed by atoms with Crippen molar-refractivity contribution in [2.24, 2.45) is 0 Å². The van der Waals surface area contributed by atoms with E-state index in [0.29, 0.717) is 5.82 Å². The molecule has 0 saturated heterocycles. The lowest BCUT2D eigenvalue weighted by Crippen LogP contribution is -2.28. The van der Waals surface area contributed by atoms with Gasteiger partial charge in [0.1, 0.15) is 18.0 Å². The van der Waals surface area contributed by atoms with Crippen LogP contribution in [0, 0.1) is 11.3 Å². The maximum atomic E-state index is 12.1. The summed E-state index contributed by atoms with van der Waals surface area (Å²) in [5.74, 6) is 0.550. The molecule has 2 heterocycles. The fourth-order valence-corrected chi connectivity index (χ4v) is 3.38. The van der Waals surface area contributed by atoms with Gasteiger partial charge in [0.2, 0.25) is 12.3 Å². The Labute approximate surface area is 168 Å². The third-order valence-electron chi connectivity index (χ3n) is 5.19. The number of H-pyrrole nitrogens is 1. The van der Waals surface area contributed by atoms with Crippen LogP contribution in [0.25, 0.3) is 22.2 Å². The number of nitrogens with one attached hydrogen (secondary N) is 1. The first kappa shape index (κ1) is 18.7. The summed E-state index contributed by atoms with van der Waals surface area (Å²) in [5, 5.41) is 9.70. The summed E-state index contributed by atoms with van der Waals surface area (Å²) in [4.78, 5) is 34.6. The number of fused-ring (bicyclic) bond motifs is 1. The van der Waals surface area contributed by atoms with Gasteiger partial charge in [-0.15, -0.1) is 0 Å². The normalized spacial score (nSPS) is 13.1. The highest BCUT2D eigenvalue weighted by atomic mass is 16.2. The monoisotopic (exact) mass is 387 g/mol. The zero-order valence-corrected chi connectivity index (χ0v) is 16.1. The first-order chi connectivity index (χ1) is 14.1. The van der Waals surface area contributed by atoms with Gasteiger partial charge in [0.05, 0.1) is 12.5 Å². The molecule has 0 aliphatic heterocycles. The Morgan fingerprint density at radius 2 is 2.07 bits per heavy atom. The van der Waals surface area contributed by atoms with Gasteiger partial charge in [-0.3, -0.25) is 14.5 Å². The number of nitriles is 1. The molecule has 1 aliphatic rings. The van der Waals surface area contributed by atoms with E-state index in [1.165, 1.54) is 4.90 Å². The zero-order valence-electron chi connectivity index (χ0n) is 16.1. The number of hydrogen-bond donors (Lipinski definition) is 1. The highest BCUT2D eigenvalue weighted by Crippen LogP contribution is 2.35. The van der Waals surface area contributed by atoms with Crippen LogP contribution in [-0.2, 0) is 16.0 Å². The molecule has 7 nitrogen and oxygen atoms in total. The average Bonchev–Trinajstić information content (AvgIpc) is 3.44. The van der Waals surface area contributed by atoms with E-state index in [1.807, 2.05) is 48.7 Å². The molecule has 1 N–H and O–H groups in total. The lowest BCUT2D eigenvalue weighted by atomic mass is 10.0. The van der Waals surface area contributed by atoms with Crippen LogP contribution in [0.4, 0.5) is 5.82 Å². The molecule has 146 valence electrons. The van der Waals surface area contributed by atoms with Crippen molar-refractivity contribution in [3.63, 3.8) is 0 Å². The van der Waals surface area contributed by atoms with Gasteiger partial charge in [-0.25, -0.2) is 4.98 Å². The number of benzene rings is 1. The molecule has 0 bridgehead atoms. The van der Waals surface area contributed by atoms with E-state index < -0.39 is 0 Å². The highest BCUT2D eigenvalue weighted by Gasteiger charge is 2.30. The van der Waals surface area contributed by atoms with Crippen molar-refractivity contribution >= 4 is 29.2 Å². The van der Waals surface area contributed by atoms with Crippen molar-refractivity contribution in [2.75, 3.05) is 18.5 Å². The second kappa shape index (κ2) is 7.76. The van der Waals surface area contributed by atoms with Crippen molar-refractivity contribution < 1.29 is 9.59 Å². The number of rotatable bonds is 7. The molecule has 7 heteroatoms. The van der Waals surface area contributed by atoms with E-state index in [2.05, 4.69) is 9.97 Å². The Morgan fingerprint density at radius 1 is 1.31 bits per heavy atom. The van der Waals surface area contributed by atoms with Crippen LogP contribution >= 0.6 is 0 Å². The standard InChI is InChI=1S/C22H21N5O2/c1-26(11-9-23)21(29)12-15-2-4-16(5-3-15)19-13-20(27(14-28)17-6-7-17)25-22-18(19)8-10-24-22/h2-5,8,10,13-14,17H,6-7,11-12H2,1H3,(H,24,25). The molecule has 0 radical (unpaired) electrons. The molecular formula is C22H21N5O2. The summed E-state index contributed by atoms with van der Waals surface area (Å²) >= 11 is 0.